The number of carbonyl (C=O) groups is 5. The molecule has 0 unspecified atom stereocenters. The molecule has 0 aromatic carbocycles. The molecule has 0 radical (unpaired) electrons. The summed E-state index contributed by atoms with van der Waals surface area (Å²) in [6, 6.07) is -1.90. The molecule has 3 N–H and O–H groups in total. The number of amides is 4. The molecule has 0 aromatic rings. The second-order valence-corrected chi connectivity index (χ2v) is 34.5. The molecule has 0 saturated carbocycles. The number of carboxylic acids is 2. The van der Waals surface area contributed by atoms with E-state index in [0.29, 0.717) is 40.6 Å². The molecular formula is C54H81N4Na9O51S8. The zero-order valence-electron chi connectivity index (χ0n) is 70.9. The van der Waals surface area contributed by atoms with E-state index in [1.54, 1.807) is 18.8 Å². The Hall–Kier alpha value is 4.95. The van der Waals surface area contributed by atoms with Gasteiger partial charge in [0.2, 0.25) is 84.6 Å². The summed E-state index contributed by atoms with van der Waals surface area (Å²) in [6.07, 6.45) is -59.3. The van der Waals surface area contributed by atoms with Gasteiger partial charge in [0.15, 0.2) is 43.7 Å². The molecule has 0 bridgehead atoms. The third kappa shape index (κ3) is 41.7. The maximum Gasteiger partial charge on any atom is 1.00 e. The molecule has 126 heavy (non-hydrogen) atoms. The van der Waals surface area contributed by atoms with Gasteiger partial charge in [0.05, 0.1) is 43.8 Å². The van der Waals surface area contributed by atoms with E-state index >= 15 is 0 Å². The minimum Gasteiger partial charge on any atom is -0.726 e. The smallest absolute Gasteiger partial charge is 0.726 e. The van der Waals surface area contributed by atoms with Crippen LogP contribution < -0.4 is 292 Å². The van der Waals surface area contributed by atoms with Crippen molar-refractivity contribution in [1.82, 2.24) is 20.9 Å². The van der Waals surface area contributed by atoms with Crippen LogP contribution in [0.1, 0.15) is 51.4 Å². The molecule has 28 atom stereocenters. The summed E-state index contributed by atoms with van der Waals surface area (Å²) < 4.78 is 378. The van der Waals surface area contributed by atoms with Crippen LogP contribution >= 0.6 is 11.8 Å². The molecule has 0 aromatic heterocycles. The van der Waals surface area contributed by atoms with E-state index in [9.17, 15) is 125 Å². The molecule has 0 spiro atoms. The number of rotatable bonds is 46. The standard InChI is InChI=1S/C54H90N4O51S8.9Na/c1-58(28(60)16-12-11-14-26-29-22(21-110-26)55-54(65)57-29)17-13-9-10-15-27(59)56-30-34(88-3)31(87-2)23(18-94-111(66,67)68)97-49(30)102-37-35(89-4)43(91-6)51(104-41(37)47(61)62)101-33-25(20-96-113(72,73)74)99-53(46(109-117(84,85)86)40(33)107-115(78,79)80)103-38-36(90-5)44(92-7)52(105-42(38)48(63)64)100-32-24(19-95-112(69,70)71)98-50(93-8)45(108-116(81,82)83)39(32)106-114(75,76)77;;;;;;;;;/h22-26,29-46,49-53H,9-21H2,1-8H3,(H,56,59)(H,61,62)(H,63,64)(H2,55,57,65)(H,66,67,68)(H,69,70,71)(H,72,73,74)(H,75,76,77)(H,78,79,80)(H,81,82,83)(H,84,85,86);;;;;;;;;/q;9*+1/p-9/t22-,23+,24+,25+,26-,29-,30+,31+,32+,33+,34+,35-,36-,37-,38-,39-,40-,41-,42+,43+,44+,45+,46+,49+,50-,51+,52+,53+;;;;;;;;;/m0........./s1. The van der Waals surface area contributed by atoms with Crippen LogP contribution in [0.3, 0.4) is 0 Å². The number of hydrogen-bond donors (Lipinski definition) is 3. The molecular weight excluding hydrogens is 1980 g/mol. The zero-order chi connectivity index (χ0) is 87.4. The monoisotopic (exact) mass is 2060 g/mol. The molecule has 7 heterocycles. The van der Waals surface area contributed by atoms with Crippen LogP contribution in [0.2, 0.25) is 0 Å². The molecule has 4 amide bonds. The van der Waals surface area contributed by atoms with E-state index < -0.39 is 264 Å². The van der Waals surface area contributed by atoms with Crippen molar-refractivity contribution in [1.29, 1.82) is 0 Å². The number of ether oxygens (including phenoxy) is 16. The number of urea groups is 1. The van der Waals surface area contributed by atoms with Crippen LogP contribution in [0.5, 0.6) is 0 Å². The van der Waals surface area contributed by atoms with Gasteiger partial charge in [-0.1, -0.05) is 12.8 Å². The third-order valence-electron chi connectivity index (χ3n) is 18.6. The Labute approximate surface area is 928 Å². The van der Waals surface area contributed by atoms with Crippen LogP contribution in [0.15, 0.2) is 0 Å². The van der Waals surface area contributed by atoms with E-state index in [1.165, 1.54) is 4.90 Å². The summed E-state index contributed by atoms with van der Waals surface area (Å²) in [4.78, 5) is 67.2. The van der Waals surface area contributed by atoms with Gasteiger partial charge in [0.1, 0.15) is 110 Å². The fourth-order valence-corrected chi connectivity index (χ4v) is 18.1. The average molecular weight is 2070 g/mol. The van der Waals surface area contributed by atoms with Crippen molar-refractivity contribution in [2.45, 2.75) is 222 Å². The van der Waals surface area contributed by atoms with Gasteiger partial charge >= 0.3 is 272 Å². The van der Waals surface area contributed by atoms with Gasteiger partial charge in [-0.15, -0.1) is 0 Å². The maximum atomic E-state index is 14.0. The Morgan fingerprint density at radius 1 is 0.405 bits per heavy atom. The van der Waals surface area contributed by atoms with Crippen LogP contribution in [0, 0.1) is 0 Å². The Kier molecular flexibility index (Phi) is 64.9. The number of carboxylic acid groups (broad SMARTS) is 2. The van der Waals surface area contributed by atoms with Crippen molar-refractivity contribution >= 4 is 114 Å². The summed E-state index contributed by atoms with van der Waals surface area (Å²) in [5.41, 5.74) is 0. The van der Waals surface area contributed by atoms with Crippen LogP contribution in [-0.2, 0) is 197 Å². The number of fused-ring (bicyclic) bond motifs is 1. The number of thioether (sulfide) groups is 1. The number of hydrogen-bond acceptors (Lipinski definition) is 52. The Morgan fingerprint density at radius 2 is 0.762 bits per heavy atom. The first-order valence-corrected chi connectivity index (χ1v) is 44.3. The summed E-state index contributed by atoms with van der Waals surface area (Å²) >= 11 is 1.74. The molecule has 55 nitrogen and oxygen atoms in total. The van der Waals surface area contributed by atoms with Crippen LogP contribution in [0.4, 0.5) is 4.79 Å². The maximum absolute atomic E-state index is 14.0. The second-order valence-electron chi connectivity index (χ2n) is 26.0. The molecule has 7 fully saturated rings. The number of carbonyl (C=O) groups excluding carboxylic acids is 5. The van der Waals surface area contributed by atoms with Gasteiger partial charge in [-0.2, -0.15) is 11.8 Å². The van der Waals surface area contributed by atoms with Crippen molar-refractivity contribution in [3.8, 4) is 0 Å². The molecule has 7 rings (SSSR count). The Morgan fingerprint density at radius 3 is 1.15 bits per heavy atom. The number of aliphatic carboxylic acids is 2. The van der Waals surface area contributed by atoms with Crippen molar-refractivity contribution in [2.24, 2.45) is 0 Å². The molecule has 680 valence electrons. The predicted octanol–water partition coefficient (Wildman–Crippen LogP) is -38.5. The second kappa shape index (κ2) is 60.5. The van der Waals surface area contributed by atoms with Gasteiger partial charge < -0.3 is 148 Å². The topological polar surface area (TPSA) is 783 Å². The summed E-state index contributed by atoms with van der Waals surface area (Å²) in [5, 5.41) is 35.4. The molecule has 72 heteroatoms. The SMILES string of the molecule is CO[C@H]1O[C@H](COS(=O)(=O)[O-])[C@@H](O[C@@H]2O[C@@H](C(=O)[O-])[C@@H](O[C@H]3O[C@H](COS(=O)(=O)[O-])[C@@H](O[C@@H]4O[C@H](C(=O)[O-])[C@@H](O[C@H]5O[C@H](COS(=O)(=O)[O-])[C@@H](OC)[C@H](OC)[C@H]5NC(=O)CCCCCN(C)C(=O)CCCC[C@@H]5SC[C@@H]6NC(=O)N[C@@H]65)[C@H](OC)[C@H]4OC)[C@H](OS(=O)(=O)[O-])[C@H]3OS(=O)(=O)[O-])[C@H](OC)[C@H]2OC)[C@H](OS(=O)(=O)[O-])[C@H]1OS(=O)(=O)[O-].[Na+].[Na+].[Na+].[Na+].[Na+].[Na+].[Na+].[Na+].[Na+]. The average Bonchev–Trinajstić information content (AvgIpc) is 0.861. The first-order chi connectivity index (χ1) is 54.3. The molecule has 7 saturated heterocycles. The quantitative estimate of drug-likeness (QED) is 0.0167. The summed E-state index contributed by atoms with van der Waals surface area (Å²) in [5.74, 6) is -5.15. The van der Waals surface area contributed by atoms with Crippen molar-refractivity contribution in [2.75, 3.05) is 88.9 Å². The third-order valence-corrected chi connectivity index (χ3v) is 23.2. The Bertz CT molecular complexity index is 4230. The van der Waals surface area contributed by atoms with Crippen molar-refractivity contribution in [3.05, 3.63) is 0 Å². The van der Waals surface area contributed by atoms with E-state index in [-0.39, 0.29) is 321 Å². The van der Waals surface area contributed by atoms with Gasteiger partial charge in [0, 0.05) is 87.2 Å². The first-order valence-electron chi connectivity index (χ1n) is 33.9. The number of nitrogens with one attached hydrogen (secondary N) is 3. The van der Waals surface area contributed by atoms with Gasteiger partial charge in [-0.25, -0.2) is 63.7 Å². The molecule has 7 aliphatic rings. The van der Waals surface area contributed by atoms with Crippen LogP contribution in [-0.4, -0.2) is 385 Å². The normalized spacial score (nSPS) is 32.9. The molecule has 7 aliphatic heterocycles. The molecule has 0 aliphatic carbocycles. The van der Waals surface area contributed by atoms with E-state index in [0.717, 1.165) is 47.0 Å². The van der Waals surface area contributed by atoms with Crippen molar-refractivity contribution < 1.29 is 496 Å². The summed E-state index contributed by atoms with van der Waals surface area (Å²) in [7, 11) is -35.9. The Balaban J connectivity index is -0.0000168. The summed E-state index contributed by atoms with van der Waals surface area (Å²) in [6.45, 7) is -4.57. The fraction of sp³-hybridized carbons (Fsp3) is 0.907. The van der Waals surface area contributed by atoms with E-state index in [4.69, 9.17) is 75.8 Å². The van der Waals surface area contributed by atoms with Crippen molar-refractivity contribution in [3.63, 3.8) is 0 Å². The number of nitrogens with zero attached hydrogens (tertiary/aromatic N) is 1. The zero-order valence-corrected chi connectivity index (χ0v) is 95.4. The van der Waals surface area contributed by atoms with Crippen LogP contribution in [0.25, 0.3) is 0 Å². The van der Waals surface area contributed by atoms with E-state index in [1.807, 2.05) is 0 Å². The van der Waals surface area contributed by atoms with Gasteiger partial charge in [-0.3, -0.25) is 38.9 Å². The largest absolute Gasteiger partial charge is 1.00 e. The van der Waals surface area contributed by atoms with E-state index in [2.05, 4.69) is 45.2 Å². The number of unbranched alkanes of at least 4 members (excludes halogenated alkanes) is 3. The van der Waals surface area contributed by atoms with Gasteiger partial charge in [-0.05, 0) is 25.7 Å². The minimum absolute atomic E-state index is 0. The first kappa shape index (κ1) is 135. The predicted molar refractivity (Wildman–Crippen MR) is 352 cm³/mol. The number of methoxy groups -OCH3 is 7. The fourth-order valence-electron chi connectivity index (χ4n) is 13.8. The minimum atomic E-state index is -6.58. The van der Waals surface area contributed by atoms with Gasteiger partial charge in [0.25, 0.3) is 0 Å².